The molecule has 0 saturated carbocycles. The number of phosphoric ester groups is 1. The number of halogens is 2. The monoisotopic (exact) mass is 1520 g/mol. The van der Waals surface area contributed by atoms with Crippen molar-refractivity contribution in [2.45, 2.75) is 64.0 Å². The number of amides is 9. The van der Waals surface area contributed by atoms with Crippen molar-refractivity contribution in [2.24, 2.45) is 17.6 Å². The van der Waals surface area contributed by atoms with Crippen LogP contribution in [0.2, 0.25) is 0 Å². The summed E-state index contributed by atoms with van der Waals surface area (Å²) in [6.45, 7) is 5.05. The predicted molar refractivity (Wildman–Crippen MR) is 370 cm³/mol. The van der Waals surface area contributed by atoms with Gasteiger partial charge in [0, 0.05) is 157 Å². The number of anilines is 3. The fraction of sp³-hybridized carbons (Fsp3) is 0.409. The molecule has 0 unspecified atom stereocenters. The summed E-state index contributed by atoms with van der Waals surface area (Å²) in [4.78, 5) is 145. The molecule has 2 aliphatic rings. The zero-order chi connectivity index (χ0) is 70.1. The number of carbonyl (C=O) groups excluding carboxylic acids is 9. The van der Waals surface area contributed by atoms with Crippen LogP contribution in [-0.2, 0) is 89.9 Å². The Kier molecular flexibility index (Phi) is 29.5. The Morgan fingerprint density at radius 3 is 1.80 bits per heavy atom. The van der Waals surface area contributed by atoms with Crippen molar-refractivity contribution < 1.29 is 114 Å². The number of phosphoric acid groups is 1. The molecule has 0 spiro atoms. The molecule has 98 heavy (non-hydrogen) atoms. The molecule has 26 nitrogen and oxygen atoms in total. The van der Waals surface area contributed by atoms with Crippen molar-refractivity contribution in [3.05, 3.63) is 124 Å². The molecule has 8 rings (SSSR count). The van der Waals surface area contributed by atoms with E-state index in [0.29, 0.717) is 57.1 Å². The van der Waals surface area contributed by atoms with Crippen LogP contribution in [0.5, 0.6) is 11.5 Å². The minimum Gasteiger partial charge on any atom is -0.783 e. The van der Waals surface area contributed by atoms with E-state index in [1.165, 1.54) is 34.9 Å². The molecule has 4 atom stereocenters. The molecule has 1 radical (unpaired) electrons. The predicted octanol–water partition coefficient (Wildman–Crippen LogP) is 8.38. The van der Waals surface area contributed by atoms with Crippen LogP contribution in [0.25, 0.3) is 21.5 Å². The number of benzene rings is 5. The second-order valence-corrected chi connectivity index (χ2v) is 26.6. The van der Waals surface area contributed by atoms with Crippen molar-refractivity contribution in [1.82, 2.24) is 25.8 Å². The van der Waals surface area contributed by atoms with Gasteiger partial charge in [0.1, 0.15) is 18.1 Å². The number of alkyl halides is 2. The quantitative estimate of drug-likeness (QED) is 0.00880. The molecule has 32 heteroatoms. The number of Topliss-reactive ketones (excluding diaryl/α,β-unsaturated/α-hetero) is 1. The minimum absolute atomic E-state index is 0. The van der Waals surface area contributed by atoms with E-state index >= 15 is 0 Å². The SMILES string of the molecule is CC(C)[C@H](NC(=O)CCOCCOCCNC(=O)C[S-])C(=O)C[C@@H](CCCNC(N)=O)C(=O)Nc1ccc(COC(=O)N(C)CCN(C)C(=O)Oc2cc3c(c4ccccc24)[C@H](CCl)CN3C(=O)c2ccc(C(=O)N3C[C@@H](CCl)c4c3cc(OP(=O)(O)O)c3ccccc43)s2)cc1.[Y]. The van der Waals surface area contributed by atoms with Crippen LogP contribution in [0.15, 0.2) is 97.1 Å². The van der Waals surface area contributed by atoms with Crippen LogP contribution < -0.4 is 46.1 Å². The van der Waals surface area contributed by atoms with E-state index in [4.69, 9.17) is 52.4 Å². The van der Waals surface area contributed by atoms with Gasteiger partial charge in [-0.3, -0.25) is 38.6 Å². The maximum absolute atomic E-state index is 14.7. The van der Waals surface area contributed by atoms with Gasteiger partial charge in [-0.15, -0.1) is 34.5 Å². The van der Waals surface area contributed by atoms with Crippen LogP contribution in [-0.4, -0.2) is 176 Å². The zero-order valence-electron chi connectivity index (χ0n) is 54.3. The molecule has 0 aliphatic carbocycles. The molecular formula is C66H77Cl2N9O17PS2Y-. The van der Waals surface area contributed by atoms with Gasteiger partial charge in [0.2, 0.25) is 11.8 Å². The number of urea groups is 1. The van der Waals surface area contributed by atoms with Crippen molar-refractivity contribution in [2.75, 3.05) is 112 Å². The number of ether oxygens (including phenoxy) is 4. The van der Waals surface area contributed by atoms with E-state index in [1.54, 1.807) is 97.6 Å². The maximum atomic E-state index is 14.7. The van der Waals surface area contributed by atoms with Gasteiger partial charge in [0.15, 0.2) is 11.7 Å². The van der Waals surface area contributed by atoms with Gasteiger partial charge >= 0.3 is 26.0 Å². The largest absolute Gasteiger partial charge is 0.783 e. The number of ketones is 1. The number of hydrogen-bond acceptors (Lipinski definition) is 17. The van der Waals surface area contributed by atoms with Gasteiger partial charge in [0.05, 0.1) is 53.6 Å². The number of primary amides is 1. The first kappa shape index (κ1) is 78.4. The number of nitrogens with one attached hydrogen (secondary N) is 4. The molecular weight excluding hydrogens is 1450 g/mol. The molecule has 6 aromatic rings. The number of nitrogens with two attached hydrogens (primary N) is 1. The summed E-state index contributed by atoms with van der Waals surface area (Å²) >= 11 is 18.7. The number of hydrogen-bond donors (Lipinski definition) is 7. The molecule has 1 aromatic heterocycles. The molecule has 3 heterocycles. The van der Waals surface area contributed by atoms with E-state index < -0.39 is 61.6 Å². The van der Waals surface area contributed by atoms with Crippen molar-refractivity contribution in [3.63, 3.8) is 0 Å². The third-order valence-electron chi connectivity index (χ3n) is 16.3. The van der Waals surface area contributed by atoms with Gasteiger partial charge < -0.3 is 82.7 Å². The van der Waals surface area contributed by atoms with E-state index in [-0.39, 0.29) is 186 Å². The van der Waals surface area contributed by atoms with Gasteiger partial charge in [-0.05, 0) is 70.5 Å². The average molecular weight is 1520 g/mol. The number of fused-ring (bicyclic) bond motifs is 6. The minimum atomic E-state index is -5.01. The summed E-state index contributed by atoms with van der Waals surface area (Å²) in [6.07, 6.45) is -1.19. The molecule has 0 fully saturated rings. The first-order valence-corrected chi connectivity index (χ1v) is 35.2. The number of nitrogens with zero attached hydrogens (tertiary/aromatic N) is 4. The van der Waals surface area contributed by atoms with Crippen molar-refractivity contribution in [3.8, 4) is 11.5 Å². The number of likely N-dealkylation sites (N-methyl/N-ethyl adjacent to an activating group) is 2. The van der Waals surface area contributed by atoms with Gasteiger partial charge in [-0.1, -0.05) is 80.3 Å². The normalized spacial score (nSPS) is 14.6. The summed E-state index contributed by atoms with van der Waals surface area (Å²) in [5.74, 6) is -3.93. The van der Waals surface area contributed by atoms with Crippen LogP contribution in [0, 0.1) is 11.8 Å². The Bertz CT molecular complexity index is 3920. The second kappa shape index (κ2) is 36.9. The summed E-state index contributed by atoms with van der Waals surface area (Å²) in [7, 11) is -2.00. The van der Waals surface area contributed by atoms with Crippen LogP contribution in [0.1, 0.15) is 87.4 Å². The smallest absolute Gasteiger partial charge is 0.524 e. The van der Waals surface area contributed by atoms with Crippen molar-refractivity contribution >= 4 is 147 Å². The first-order chi connectivity index (χ1) is 46.4. The Labute approximate surface area is 611 Å². The number of carbonyl (C=O) groups is 9. The molecule has 9 amide bonds. The number of rotatable bonds is 33. The second-order valence-electron chi connectivity index (χ2n) is 23.5. The Balaban J connectivity index is 0.0000135. The molecule has 8 N–H and O–H groups in total. The molecule has 523 valence electrons. The van der Waals surface area contributed by atoms with Crippen LogP contribution in [0.3, 0.4) is 0 Å². The first-order valence-electron chi connectivity index (χ1n) is 31.2. The van der Waals surface area contributed by atoms with Crippen LogP contribution in [0.4, 0.5) is 31.4 Å². The summed E-state index contributed by atoms with van der Waals surface area (Å²) in [5.41, 5.74) is 8.53. The third-order valence-corrected chi connectivity index (χ3v) is 18.8. The van der Waals surface area contributed by atoms with E-state index in [0.717, 1.165) is 22.5 Å². The topological polar surface area (TPSA) is 344 Å². The van der Waals surface area contributed by atoms with E-state index in [1.807, 2.05) is 12.1 Å². The fourth-order valence-electron chi connectivity index (χ4n) is 11.3. The summed E-state index contributed by atoms with van der Waals surface area (Å²) in [5, 5.41) is 13.1. The van der Waals surface area contributed by atoms with E-state index in [2.05, 4.69) is 33.9 Å². The Hall–Kier alpha value is -6.95. The molecule has 0 saturated heterocycles. The van der Waals surface area contributed by atoms with Gasteiger partial charge in [-0.25, -0.2) is 18.9 Å². The zero-order valence-corrected chi connectivity index (χ0v) is 61.2. The number of thiophene rings is 1. The average Bonchev–Trinajstić information content (AvgIpc) is 1.57. The molecule has 0 bridgehead atoms. The van der Waals surface area contributed by atoms with Gasteiger partial charge in [-0.2, -0.15) is 0 Å². The van der Waals surface area contributed by atoms with E-state index in [9.17, 15) is 57.5 Å². The maximum Gasteiger partial charge on any atom is 0.524 e. The van der Waals surface area contributed by atoms with Crippen LogP contribution >= 0.6 is 42.4 Å². The summed E-state index contributed by atoms with van der Waals surface area (Å²) < 4.78 is 39.7. The van der Waals surface area contributed by atoms with Gasteiger partial charge in [0.25, 0.3) is 11.8 Å². The standard InChI is InChI=1S/C66H78Cl2N9O17PS2.Y/c1-39(2)60(73-56(79)21-26-90-28-29-91-27-23-70-57(80)38-96)51(78)30-41(10-9-22-71-64(69)84)61(81)72-44-17-15-40(16-18-44)37-92-65(85)74(3)24-25-75(4)66(86)93-52-31-49-58(47-13-7-5-11-45(47)52)42(33-67)35-76(49)62(82)54-19-20-55(97-54)63(83)77-36-43(34-68)59-48-14-8-6-12-46(48)53(32-50(59)77)94-95(87,88)89;/h5-8,11-20,31-32,39,41-43,60,96H,9-10,21-30,33-38H2,1-4H3,(H,70,80)(H,72,81)(H,73,79)(H3,69,71,84)(H2,87,88,89);/p-1/t41-,42-,43-,60+;/m1./s1. The Morgan fingerprint density at radius 2 is 1.26 bits per heavy atom. The molecule has 5 aromatic carbocycles. The molecule has 2 aliphatic heterocycles. The summed E-state index contributed by atoms with van der Waals surface area (Å²) in [6, 6.07) is 25.2. The van der Waals surface area contributed by atoms with Crippen molar-refractivity contribution in [1.29, 1.82) is 0 Å². The third kappa shape index (κ3) is 20.8. The Morgan fingerprint density at radius 1 is 0.714 bits per heavy atom. The fourth-order valence-corrected chi connectivity index (χ4v) is 13.3.